The van der Waals surface area contributed by atoms with Gasteiger partial charge in [0.05, 0.1) is 13.2 Å². The second-order valence-corrected chi connectivity index (χ2v) is 3.81. The fourth-order valence-electron chi connectivity index (χ4n) is 1.15. The minimum atomic E-state index is 0.544. The third-order valence-electron chi connectivity index (χ3n) is 2.12. The summed E-state index contributed by atoms with van der Waals surface area (Å²) in [5.41, 5.74) is 0. The summed E-state index contributed by atoms with van der Waals surface area (Å²) >= 11 is 5.66. The van der Waals surface area contributed by atoms with Crippen LogP contribution in [0.25, 0.3) is 0 Å². The zero-order chi connectivity index (χ0) is 9.10. The van der Waals surface area contributed by atoms with Crippen molar-refractivity contribution < 1.29 is 4.74 Å². The number of rotatable bonds is 5. The minimum absolute atomic E-state index is 0.544. The SMILES string of the molecule is Clc1ccn(CCOCC2CC2)n1. The lowest BCUT2D eigenvalue weighted by molar-refractivity contribution is 0.114. The topological polar surface area (TPSA) is 27.1 Å². The second kappa shape index (κ2) is 4.11. The van der Waals surface area contributed by atoms with E-state index in [4.69, 9.17) is 16.3 Å². The highest BCUT2D eigenvalue weighted by molar-refractivity contribution is 6.29. The Labute approximate surface area is 82.6 Å². The molecule has 0 atom stereocenters. The van der Waals surface area contributed by atoms with E-state index < -0.39 is 0 Å². The molecule has 1 aliphatic carbocycles. The van der Waals surface area contributed by atoms with E-state index >= 15 is 0 Å². The third-order valence-corrected chi connectivity index (χ3v) is 2.32. The Balaban J connectivity index is 1.61. The Kier molecular flexibility index (Phi) is 2.86. The lowest BCUT2D eigenvalue weighted by Crippen LogP contribution is -2.07. The first kappa shape index (κ1) is 9.03. The molecule has 0 bridgehead atoms. The molecule has 0 aliphatic heterocycles. The summed E-state index contributed by atoms with van der Waals surface area (Å²) in [7, 11) is 0. The molecule has 0 N–H and O–H groups in total. The predicted molar refractivity (Wildman–Crippen MR) is 50.8 cm³/mol. The lowest BCUT2D eigenvalue weighted by Gasteiger charge is -2.02. The van der Waals surface area contributed by atoms with Crippen molar-refractivity contribution >= 4 is 11.6 Å². The number of ether oxygens (including phenoxy) is 1. The first-order valence-electron chi connectivity index (χ1n) is 4.61. The maximum absolute atomic E-state index is 5.66. The van der Waals surface area contributed by atoms with Crippen LogP contribution in [-0.2, 0) is 11.3 Å². The Morgan fingerprint density at radius 3 is 3.08 bits per heavy atom. The lowest BCUT2D eigenvalue weighted by atomic mass is 10.5. The Bertz CT molecular complexity index is 270. The van der Waals surface area contributed by atoms with E-state index in [9.17, 15) is 0 Å². The van der Waals surface area contributed by atoms with Crippen molar-refractivity contribution in [3.05, 3.63) is 17.4 Å². The highest BCUT2D eigenvalue weighted by Gasteiger charge is 2.20. The Morgan fingerprint density at radius 2 is 2.46 bits per heavy atom. The van der Waals surface area contributed by atoms with Gasteiger partial charge in [0.2, 0.25) is 0 Å². The van der Waals surface area contributed by atoms with Crippen LogP contribution in [0.2, 0.25) is 5.15 Å². The predicted octanol–water partition coefficient (Wildman–Crippen LogP) is 1.96. The molecule has 0 amide bonds. The molecule has 2 rings (SSSR count). The largest absolute Gasteiger partial charge is 0.379 e. The second-order valence-electron chi connectivity index (χ2n) is 3.42. The van der Waals surface area contributed by atoms with Crippen molar-refractivity contribution in [3.63, 3.8) is 0 Å². The van der Waals surface area contributed by atoms with Gasteiger partial charge in [-0.05, 0) is 24.8 Å². The fraction of sp³-hybridized carbons (Fsp3) is 0.667. The first-order valence-corrected chi connectivity index (χ1v) is 4.99. The average Bonchev–Trinajstić information content (AvgIpc) is 2.84. The zero-order valence-corrected chi connectivity index (χ0v) is 8.20. The highest BCUT2D eigenvalue weighted by atomic mass is 35.5. The summed E-state index contributed by atoms with van der Waals surface area (Å²) in [6.45, 7) is 2.43. The van der Waals surface area contributed by atoms with Crippen LogP contribution in [-0.4, -0.2) is 23.0 Å². The van der Waals surface area contributed by atoms with Gasteiger partial charge in [0.25, 0.3) is 0 Å². The molecule has 13 heavy (non-hydrogen) atoms. The normalized spacial score (nSPS) is 16.4. The summed E-state index contributed by atoms with van der Waals surface area (Å²) in [6, 6.07) is 1.78. The fourth-order valence-corrected chi connectivity index (χ4v) is 1.31. The molecule has 4 heteroatoms. The summed E-state index contributed by atoms with van der Waals surface area (Å²) in [5, 5.41) is 4.59. The van der Waals surface area contributed by atoms with E-state index in [1.807, 2.05) is 6.20 Å². The summed E-state index contributed by atoms with van der Waals surface area (Å²) in [6.07, 6.45) is 4.55. The van der Waals surface area contributed by atoms with Gasteiger partial charge in [-0.3, -0.25) is 4.68 Å². The molecule has 0 spiro atoms. The quantitative estimate of drug-likeness (QED) is 0.680. The molecule has 1 saturated carbocycles. The molecular weight excluding hydrogens is 188 g/mol. The van der Waals surface area contributed by atoms with E-state index in [1.165, 1.54) is 12.8 Å². The standard InChI is InChI=1S/C9H13ClN2O/c10-9-3-4-12(11-9)5-6-13-7-8-1-2-8/h3-4,8H,1-2,5-7H2. The molecule has 0 aromatic carbocycles. The van der Waals surface area contributed by atoms with Crippen molar-refractivity contribution in [1.82, 2.24) is 9.78 Å². The Morgan fingerprint density at radius 1 is 1.62 bits per heavy atom. The van der Waals surface area contributed by atoms with Gasteiger partial charge in [-0.2, -0.15) is 5.10 Å². The molecule has 72 valence electrons. The zero-order valence-electron chi connectivity index (χ0n) is 7.45. The van der Waals surface area contributed by atoms with E-state index in [-0.39, 0.29) is 0 Å². The van der Waals surface area contributed by atoms with Crippen molar-refractivity contribution in [2.24, 2.45) is 5.92 Å². The Hall–Kier alpha value is -0.540. The van der Waals surface area contributed by atoms with Gasteiger partial charge < -0.3 is 4.74 Å². The van der Waals surface area contributed by atoms with Gasteiger partial charge in [0, 0.05) is 12.8 Å². The van der Waals surface area contributed by atoms with Crippen molar-refractivity contribution in [2.75, 3.05) is 13.2 Å². The van der Waals surface area contributed by atoms with Gasteiger partial charge in [0.15, 0.2) is 5.15 Å². The van der Waals surface area contributed by atoms with Crippen molar-refractivity contribution in [2.45, 2.75) is 19.4 Å². The molecule has 1 aliphatic rings. The first-order chi connectivity index (χ1) is 6.34. The van der Waals surface area contributed by atoms with Crippen LogP contribution < -0.4 is 0 Å². The number of aromatic nitrogens is 2. The van der Waals surface area contributed by atoms with Gasteiger partial charge >= 0.3 is 0 Å². The van der Waals surface area contributed by atoms with Crippen molar-refractivity contribution in [3.8, 4) is 0 Å². The minimum Gasteiger partial charge on any atom is -0.379 e. The molecule has 3 nitrogen and oxygen atoms in total. The van der Waals surface area contributed by atoms with Crippen LogP contribution in [0.3, 0.4) is 0 Å². The molecule has 1 fully saturated rings. The average molecular weight is 201 g/mol. The van der Waals surface area contributed by atoms with Gasteiger partial charge in [-0.1, -0.05) is 11.6 Å². The van der Waals surface area contributed by atoms with Gasteiger partial charge in [0.1, 0.15) is 0 Å². The number of nitrogens with zero attached hydrogens (tertiary/aromatic N) is 2. The van der Waals surface area contributed by atoms with Crippen LogP contribution in [0, 0.1) is 5.92 Å². The van der Waals surface area contributed by atoms with Crippen LogP contribution in [0.1, 0.15) is 12.8 Å². The monoisotopic (exact) mass is 200 g/mol. The van der Waals surface area contributed by atoms with E-state index in [2.05, 4.69) is 5.10 Å². The molecule has 0 unspecified atom stereocenters. The maximum atomic E-state index is 5.66. The van der Waals surface area contributed by atoms with Crippen LogP contribution >= 0.6 is 11.6 Å². The van der Waals surface area contributed by atoms with Crippen molar-refractivity contribution in [1.29, 1.82) is 0 Å². The molecule has 1 aromatic heterocycles. The summed E-state index contributed by atoms with van der Waals surface area (Å²) in [5.74, 6) is 0.834. The molecule has 1 heterocycles. The maximum Gasteiger partial charge on any atom is 0.151 e. The van der Waals surface area contributed by atoms with E-state index in [0.29, 0.717) is 5.15 Å². The molecule has 1 aromatic rings. The van der Waals surface area contributed by atoms with Gasteiger partial charge in [-0.15, -0.1) is 0 Å². The molecule has 0 saturated heterocycles. The smallest absolute Gasteiger partial charge is 0.151 e. The summed E-state index contributed by atoms with van der Waals surface area (Å²) in [4.78, 5) is 0. The highest BCUT2D eigenvalue weighted by Crippen LogP contribution is 2.28. The number of hydrogen-bond donors (Lipinski definition) is 0. The molecule has 0 radical (unpaired) electrons. The van der Waals surface area contributed by atoms with E-state index in [1.54, 1.807) is 10.7 Å². The number of hydrogen-bond acceptors (Lipinski definition) is 2. The number of halogens is 1. The molecular formula is C9H13ClN2O. The van der Waals surface area contributed by atoms with Gasteiger partial charge in [-0.25, -0.2) is 0 Å². The van der Waals surface area contributed by atoms with E-state index in [0.717, 1.165) is 25.7 Å². The van der Waals surface area contributed by atoms with Crippen LogP contribution in [0.4, 0.5) is 0 Å². The third kappa shape index (κ3) is 3.01. The summed E-state index contributed by atoms with van der Waals surface area (Å²) < 4.78 is 7.27. The van der Waals surface area contributed by atoms with Crippen LogP contribution in [0.5, 0.6) is 0 Å². The van der Waals surface area contributed by atoms with Crippen LogP contribution in [0.15, 0.2) is 12.3 Å².